The first-order chi connectivity index (χ1) is 13.0. The monoisotopic (exact) mass is 369 g/mol. The van der Waals surface area contributed by atoms with Crippen LogP contribution in [-0.4, -0.2) is 29.2 Å². The van der Waals surface area contributed by atoms with Gasteiger partial charge in [0, 0.05) is 23.7 Å². The predicted molar refractivity (Wildman–Crippen MR) is 104 cm³/mol. The van der Waals surface area contributed by atoms with Crippen molar-refractivity contribution in [2.75, 3.05) is 12.4 Å². The Kier molecular flexibility index (Phi) is 7.58. The molecule has 2 aromatic carbocycles. The summed E-state index contributed by atoms with van der Waals surface area (Å²) in [5.74, 6) is -0.473. The Bertz CT molecular complexity index is 812. The van der Waals surface area contributed by atoms with E-state index in [9.17, 15) is 14.7 Å². The molecule has 0 unspecified atom stereocenters. The molecular weight excluding hydrogens is 346 g/mol. The number of amides is 1. The number of anilines is 1. The number of aliphatic hydroxyl groups is 1. The van der Waals surface area contributed by atoms with Gasteiger partial charge in [0.05, 0.1) is 13.7 Å². The molecule has 3 N–H and O–H groups in total. The zero-order chi connectivity index (χ0) is 19.6. The van der Waals surface area contributed by atoms with Crippen LogP contribution in [0.5, 0.6) is 5.75 Å². The van der Waals surface area contributed by atoms with Gasteiger partial charge in [0.2, 0.25) is 5.91 Å². The quantitative estimate of drug-likeness (QED) is 0.590. The zero-order valence-electron chi connectivity index (χ0n) is 15.1. The number of carboxylic acid groups (broad SMARTS) is 1. The van der Waals surface area contributed by atoms with E-state index in [4.69, 9.17) is 9.84 Å². The van der Waals surface area contributed by atoms with Crippen molar-refractivity contribution in [2.24, 2.45) is 0 Å². The van der Waals surface area contributed by atoms with Gasteiger partial charge in [0.1, 0.15) is 5.75 Å². The van der Waals surface area contributed by atoms with E-state index in [0.717, 1.165) is 11.1 Å². The first-order valence-corrected chi connectivity index (χ1v) is 8.59. The topological polar surface area (TPSA) is 95.9 Å². The summed E-state index contributed by atoms with van der Waals surface area (Å²) in [5.41, 5.74) is 3.11. The van der Waals surface area contributed by atoms with Gasteiger partial charge >= 0.3 is 5.97 Å². The summed E-state index contributed by atoms with van der Waals surface area (Å²) in [4.78, 5) is 22.6. The van der Waals surface area contributed by atoms with Crippen LogP contribution in [0.25, 0.3) is 6.08 Å². The molecule has 0 heterocycles. The molecule has 27 heavy (non-hydrogen) atoms. The van der Waals surface area contributed by atoms with E-state index >= 15 is 0 Å². The van der Waals surface area contributed by atoms with Gasteiger partial charge in [-0.05, 0) is 54.3 Å². The Morgan fingerprint density at radius 1 is 1.11 bits per heavy atom. The van der Waals surface area contributed by atoms with E-state index in [0.29, 0.717) is 29.8 Å². The Labute approximate surface area is 158 Å². The molecule has 2 rings (SSSR count). The fraction of sp³-hybridized carbons (Fsp3) is 0.238. The van der Waals surface area contributed by atoms with Crippen molar-refractivity contribution in [3.63, 3.8) is 0 Å². The second-order valence-corrected chi connectivity index (χ2v) is 6.00. The Hall–Kier alpha value is -3.12. The van der Waals surface area contributed by atoms with E-state index in [2.05, 4.69) is 5.32 Å². The number of hydrogen-bond acceptors (Lipinski definition) is 4. The molecule has 0 bridgehead atoms. The summed E-state index contributed by atoms with van der Waals surface area (Å²) in [6, 6.07) is 12.6. The molecule has 0 radical (unpaired) electrons. The number of aliphatic carboxylic acids is 1. The third kappa shape index (κ3) is 6.60. The van der Waals surface area contributed by atoms with Gasteiger partial charge in [-0.2, -0.15) is 0 Å². The molecule has 142 valence electrons. The van der Waals surface area contributed by atoms with E-state index < -0.39 is 5.97 Å². The van der Waals surface area contributed by atoms with E-state index in [1.165, 1.54) is 6.08 Å². The normalized spacial score (nSPS) is 10.7. The number of carboxylic acids is 1. The Morgan fingerprint density at radius 3 is 2.44 bits per heavy atom. The van der Waals surface area contributed by atoms with Crippen LogP contribution in [0.4, 0.5) is 5.69 Å². The molecule has 0 fully saturated rings. The Balaban J connectivity index is 1.95. The third-order valence-corrected chi connectivity index (χ3v) is 3.97. The number of carbonyl (C=O) groups excluding carboxylic acids is 1. The van der Waals surface area contributed by atoms with Crippen LogP contribution in [0.1, 0.15) is 29.5 Å². The fourth-order valence-corrected chi connectivity index (χ4v) is 2.56. The van der Waals surface area contributed by atoms with E-state index in [1.807, 2.05) is 12.1 Å². The number of carbonyl (C=O) groups is 2. The fourth-order valence-electron chi connectivity index (χ4n) is 2.56. The largest absolute Gasteiger partial charge is 0.496 e. The highest BCUT2D eigenvalue weighted by Crippen LogP contribution is 2.21. The van der Waals surface area contributed by atoms with Crippen molar-refractivity contribution in [2.45, 2.75) is 25.9 Å². The maximum absolute atomic E-state index is 12.1. The summed E-state index contributed by atoms with van der Waals surface area (Å²) < 4.78 is 5.25. The molecule has 0 aromatic heterocycles. The molecule has 0 saturated heterocycles. The van der Waals surface area contributed by atoms with Crippen LogP contribution in [0, 0.1) is 0 Å². The van der Waals surface area contributed by atoms with Crippen molar-refractivity contribution in [1.29, 1.82) is 0 Å². The lowest BCUT2D eigenvalue weighted by atomic mass is 10.1. The van der Waals surface area contributed by atoms with Gasteiger partial charge in [-0.3, -0.25) is 9.59 Å². The van der Waals surface area contributed by atoms with Crippen molar-refractivity contribution < 1.29 is 24.5 Å². The van der Waals surface area contributed by atoms with Crippen molar-refractivity contribution >= 4 is 23.6 Å². The van der Waals surface area contributed by atoms with Crippen molar-refractivity contribution in [1.82, 2.24) is 0 Å². The van der Waals surface area contributed by atoms with Gasteiger partial charge in [0.25, 0.3) is 0 Å². The van der Waals surface area contributed by atoms with E-state index in [-0.39, 0.29) is 18.9 Å². The lowest BCUT2D eigenvalue weighted by Gasteiger charge is -2.07. The summed E-state index contributed by atoms with van der Waals surface area (Å²) in [6.45, 7) is -0.0875. The maximum atomic E-state index is 12.1. The number of ether oxygens (including phenoxy) is 1. The molecule has 0 atom stereocenters. The van der Waals surface area contributed by atoms with Crippen LogP contribution in [0.2, 0.25) is 0 Å². The number of aliphatic hydroxyl groups excluding tert-OH is 1. The molecule has 6 heteroatoms. The number of rotatable bonds is 9. The molecule has 0 saturated carbocycles. The molecule has 2 aromatic rings. The highest BCUT2D eigenvalue weighted by molar-refractivity contribution is 6.02. The number of methoxy groups -OCH3 is 1. The average molecular weight is 369 g/mol. The number of benzene rings is 2. The minimum atomic E-state index is -0.799. The molecule has 0 spiro atoms. The number of nitrogens with one attached hydrogen (secondary N) is 1. The molecule has 6 nitrogen and oxygen atoms in total. The standard InChI is InChI=1S/C21H23NO5/c1-27-19-11-7-16(14-23)13-17(19)8-12-20(24)22-18-9-5-15(6-10-18)3-2-4-21(25)26/h5-13,23H,2-4,14H2,1H3,(H,22,24)(H,25,26)/b12-8+. The lowest BCUT2D eigenvalue weighted by molar-refractivity contribution is -0.137. The zero-order valence-corrected chi connectivity index (χ0v) is 15.1. The van der Waals surface area contributed by atoms with E-state index in [1.54, 1.807) is 43.5 Å². The minimum absolute atomic E-state index is 0.0875. The second kappa shape index (κ2) is 10.1. The van der Waals surface area contributed by atoms with Gasteiger partial charge in [-0.1, -0.05) is 18.2 Å². The highest BCUT2D eigenvalue weighted by atomic mass is 16.5. The first kappa shape index (κ1) is 20.2. The van der Waals surface area contributed by atoms with Crippen molar-refractivity contribution in [3.05, 3.63) is 65.2 Å². The highest BCUT2D eigenvalue weighted by Gasteiger charge is 2.04. The summed E-state index contributed by atoms with van der Waals surface area (Å²) in [6.07, 6.45) is 4.44. The second-order valence-electron chi connectivity index (χ2n) is 6.00. The van der Waals surface area contributed by atoms with Gasteiger partial charge < -0.3 is 20.3 Å². The summed E-state index contributed by atoms with van der Waals surface area (Å²) in [7, 11) is 1.55. The lowest BCUT2D eigenvalue weighted by Crippen LogP contribution is -2.07. The number of hydrogen-bond donors (Lipinski definition) is 3. The van der Waals surface area contributed by atoms with Crippen LogP contribution in [-0.2, 0) is 22.6 Å². The smallest absolute Gasteiger partial charge is 0.303 e. The van der Waals surface area contributed by atoms with Gasteiger partial charge in [-0.25, -0.2) is 0 Å². The molecular formula is C21H23NO5. The summed E-state index contributed by atoms with van der Waals surface area (Å²) in [5, 5.41) is 20.7. The summed E-state index contributed by atoms with van der Waals surface area (Å²) >= 11 is 0. The molecule has 0 aliphatic carbocycles. The molecule has 1 amide bonds. The minimum Gasteiger partial charge on any atom is -0.496 e. The van der Waals surface area contributed by atoms with Crippen LogP contribution >= 0.6 is 0 Å². The first-order valence-electron chi connectivity index (χ1n) is 8.59. The van der Waals surface area contributed by atoms with Crippen LogP contribution in [0.15, 0.2) is 48.5 Å². The van der Waals surface area contributed by atoms with Crippen LogP contribution in [0.3, 0.4) is 0 Å². The third-order valence-electron chi connectivity index (χ3n) is 3.97. The van der Waals surface area contributed by atoms with Gasteiger partial charge in [0.15, 0.2) is 0 Å². The predicted octanol–water partition coefficient (Wildman–Crippen LogP) is 3.25. The maximum Gasteiger partial charge on any atom is 0.303 e. The Morgan fingerprint density at radius 2 is 1.81 bits per heavy atom. The average Bonchev–Trinajstić information content (AvgIpc) is 2.67. The van der Waals surface area contributed by atoms with Gasteiger partial charge in [-0.15, -0.1) is 0 Å². The van der Waals surface area contributed by atoms with Crippen LogP contribution < -0.4 is 10.1 Å². The molecule has 0 aliphatic heterocycles. The SMILES string of the molecule is COc1ccc(CO)cc1/C=C/C(=O)Nc1ccc(CCCC(=O)O)cc1. The number of aryl methyl sites for hydroxylation is 1. The van der Waals surface area contributed by atoms with Crippen molar-refractivity contribution in [3.8, 4) is 5.75 Å². The molecule has 0 aliphatic rings.